The Morgan fingerprint density at radius 2 is 1.90 bits per heavy atom. The molecule has 0 amide bonds. The largest absolute Gasteiger partial charge is 0.349 e. The summed E-state index contributed by atoms with van der Waals surface area (Å²) in [5.74, 6) is 0. The number of hydrogen-bond donors (Lipinski definition) is 1. The smallest absolute Gasteiger partial charge is 0.293 e. The first-order valence-corrected chi connectivity index (χ1v) is 5.87. The molecule has 3 aromatic rings. The number of aromatic amines is 1. The van der Waals surface area contributed by atoms with E-state index < -0.39 is 4.92 Å². The summed E-state index contributed by atoms with van der Waals surface area (Å²) < 4.78 is 0. The van der Waals surface area contributed by atoms with E-state index in [2.05, 4.69) is 9.97 Å². The maximum atomic E-state index is 12.1. The first kappa shape index (κ1) is 12.0. The number of benzene rings is 1. The molecule has 0 aliphatic carbocycles. The van der Waals surface area contributed by atoms with Crippen LogP contribution in [0.15, 0.2) is 53.6 Å². The fraction of sp³-hybridized carbons (Fsp3) is 0. The predicted molar refractivity (Wildman–Crippen MR) is 74.5 cm³/mol. The summed E-state index contributed by atoms with van der Waals surface area (Å²) in [4.78, 5) is 29.5. The van der Waals surface area contributed by atoms with E-state index in [-0.39, 0.29) is 16.6 Å². The molecule has 1 aromatic carbocycles. The van der Waals surface area contributed by atoms with Gasteiger partial charge in [-0.05, 0) is 18.2 Å². The Morgan fingerprint density at radius 3 is 2.60 bits per heavy atom. The van der Waals surface area contributed by atoms with Crippen LogP contribution in [0.5, 0.6) is 0 Å². The van der Waals surface area contributed by atoms with E-state index in [1.807, 2.05) is 0 Å². The minimum atomic E-state index is -0.505. The lowest BCUT2D eigenvalue weighted by atomic mass is 10.1. The molecular weight excluding hydrogens is 258 g/mol. The Hall–Kier alpha value is -3.02. The number of nitrogens with one attached hydrogen (secondary N) is 1. The van der Waals surface area contributed by atoms with E-state index in [4.69, 9.17) is 0 Å². The molecule has 6 heteroatoms. The van der Waals surface area contributed by atoms with Crippen LogP contribution >= 0.6 is 0 Å². The molecule has 98 valence electrons. The van der Waals surface area contributed by atoms with E-state index in [1.165, 1.54) is 18.2 Å². The summed E-state index contributed by atoms with van der Waals surface area (Å²) in [6, 6.07) is 9.33. The highest BCUT2D eigenvalue weighted by molar-refractivity contribution is 5.88. The third kappa shape index (κ3) is 1.93. The Labute approximate surface area is 112 Å². The molecule has 2 heterocycles. The van der Waals surface area contributed by atoms with Gasteiger partial charge in [0.2, 0.25) is 0 Å². The molecule has 2 aromatic heterocycles. The fourth-order valence-corrected chi connectivity index (χ4v) is 2.10. The number of fused-ring (bicyclic) bond motifs is 1. The normalized spacial score (nSPS) is 10.6. The van der Waals surface area contributed by atoms with Gasteiger partial charge in [-0.15, -0.1) is 0 Å². The fourth-order valence-electron chi connectivity index (χ4n) is 2.10. The molecule has 0 aliphatic heterocycles. The molecule has 0 fully saturated rings. The van der Waals surface area contributed by atoms with Crippen molar-refractivity contribution in [2.45, 2.75) is 0 Å². The van der Waals surface area contributed by atoms with Gasteiger partial charge in [0.15, 0.2) is 5.43 Å². The van der Waals surface area contributed by atoms with E-state index in [1.54, 1.807) is 30.6 Å². The van der Waals surface area contributed by atoms with Crippen molar-refractivity contribution in [2.24, 2.45) is 0 Å². The highest BCUT2D eigenvalue weighted by Crippen LogP contribution is 2.24. The van der Waals surface area contributed by atoms with Gasteiger partial charge in [0.05, 0.1) is 10.3 Å². The van der Waals surface area contributed by atoms with Crippen molar-refractivity contribution in [1.82, 2.24) is 9.97 Å². The zero-order chi connectivity index (χ0) is 14.1. The van der Waals surface area contributed by atoms with E-state index in [9.17, 15) is 14.9 Å². The van der Waals surface area contributed by atoms with Crippen molar-refractivity contribution < 1.29 is 4.92 Å². The molecule has 0 atom stereocenters. The molecule has 0 aliphatic rings. The van der Waals surface area contributed by atoms with Crippen molar-refractivity contribution in [1.29, 1.82) is 0 Å². The number of hydrogen-bond acceptors (Lipinski definition) is 4. The molecule has 0 saturated heterocycles. The molecule has 20 heavy (non-hydrogen) atoms. The van der Waals surface area contributed by atoms with Gasteiger partial charge < -0.3 is 4.98 Å². The Balaban J connectivity index is 2.36. The lowest BCUT2D eigenvalue weighted by Gasteiger charge is -2.04. The SMILES string of the molecule is O=c1cc(-c2ccncc2)[nH]c2c([N+](=O)[O-])cccc12. The topological polar surface area (TPSA) is 88.9 Å². The average Bonchev–Trinajstić information content (AvgIpc) is 2.47. The van der Waals surface area contributed by atoms with Crippen LogP contribution in [-0.4, -0.2) is 14.9 Å². The van der Waals surface area contributed by atoms with Crippen LogP contribution in [0.1, 0.15) is 0 Å². The number of pyridine rings is 2. The number of non-ortho nitro benzene ring substituents is 1. The summed E-state index contributed by atoms with van der Waals surface area (Å²) in [5, 5.41) is 11.4. The molecule has 0 radical (unpaired) electrons. The van der Waals surface area contributed by atoms with Crippen molar-refractivity contribution in [3.05, 3.63) is 69.1 Å². The first-order valence-electron chi connectivity index (χ1n) is 5.87. The molecule has 1 N–H and O–H groups in total. The average molecular weight is 267 g/mol. The van der Waals surface area contributed by atoms with Gasteiger partial charge in [-0.1, -0.05) is 6.07 Å². The van der Waals surface area contributed by atoms with Gasteiger partial charge in [0.1, 0.15) is 5.52 Å². The Kier molecular flexibility index (Phi) is 2.76. The van der Waals surface area contributed by atoms with Gasteiger partial charge in [0, 0.05) is 35.8 Å². The van der Waals surface area contributed by atoms with Crippen LogP contribution in [0.2, 0.25) is 0 Å². The summed E-state index contributed by atoms with van der Waals surface area (Å²) in [6.07, 6.45) is 3.19. The second kappa shape index (κ2) is 4.58. The minimum Gasteiger partial charge on any atom is -0.349 e. The quantitative estimate of drug-likeness (QED) is 0.570. The summed E-state index contributed by atoms with van der Waals surface area (Å²) >= 11 is 0. The van der Waals surface area contributed by atoms with Crippen LogP contribution in [-0.2, 0) is 0 Å². The van der Waals surface area contributed by atoms with Gasteiger partial charge in [-0.3, -0.25) is 19.9 Å². The maximum absolute atomic E-state index is 12.1. The number of H-pyrrole nitrogens is 1. The highest BCUT2D eigenvalue weighted by Gasteiger charge is 2.14. The second-order valence-corrected chi connectivity index (χ2v) is 4.24. The third-order valence-corrected chi connectivity index (χ3v) is 3.03. The zero-order valence-electron chi connectivity index (χ0n) is 10.2. The number of nitrogens with zero attached hydrogens (tertiary/aromatic N) is 2. The van der Waals surface area contributed by atoms with Gasteiger partial charge in [-0.2, -0.15) is 0 Å². The lowest BCUT2D eigenvalue weighted by molar-refractivity contribution is -0.383. The highest BCUT2D eigenvalue weighted by atomic mass is 16.6. The number of para-hydroxylation sites is 1. The first-order chi connectivity index (χ1) is 9.66. The Bertz CT molecular complexity index is 856. The zero-order valence-corrected chi connectivity index (χ0v) is 10.2. The van der Waals surface area contributed by atoms with E-state index in [0.717, 1.165) is 5.56 Å². The van der Waals surface area contributed by atoms with Crippen LogP contribution in [0.4, 0.5) is 5.69 Å². The van der Waals surface area contributed by atoms with Gasteiger partial charge in [-0.25, -0.2) is 0 Å². The lowest BCUT2D eigenvalue weighted by Crippen LogP contribution is -2.04. The standard InChI is InChI=1S/C14H9N3O3/c18-13-8-11(9-4-6-15-7-5-9)16-14-10(13)2-1-3-12(14)17(19)20/h1-8H,(H,16,18). The minimum absolute atomic E-state index is 0.115. The number of aromatic nitrogens is 2. The molecule has 3 rings (SSSR count). The molecule has 0 bridgehead atoms. The summed E-state index contributed by atoms with van der Waals surface area (Å²) in [5.41, 5.74) is 1.14. The molecule has 0 unspecified atom stereocenters. The Morgan fingerprint density at radius 1 is 1.15 bits per heavy atom. The number of rotatable bonds is 2. The van der Waals surface area contributed by atoms with Crippen molar-refractivity contribution >= 4 is 16.6 Å². The number of nitro groups is 1. The van der Waals surface area contributed by atoms with E-state index >= 15 is 0 Å². The van der Waals surface area contributed by atoms with Crippen LogP contribution in [0.3, 0.4) is 0 Å². The van der Waals surface area contributed by atoms with Crippen LogP contribution in [0, 0.1) is 10.1 Å². The molecule has 0 saturated carbocycles. The molecular formula is C14H9N3O3. The second-order valence-electron chi connectivity index (χ2n) is 4.24. The third-order valence-electron chi connectivity index (χ3n) is 3.03. The molecule has 6 nitrogen and oxygen atoms in total. The van der Waals surface area contributed by atoms with Crippen molar-refractivity contribution in [2.75, 3.05) is 0 Å². The maximum Gasteiger partial charge on any atom is 0.293 e. The molecule has 0 spiro atoms. The number of nitro benzene ring substituents is 1. The van der Waals surface area contributed by atoms with Gasteiger partial charge in [0.25, 0.3) is 5.69 Å². The van der Waals surface area contributed by atoms with Crippen molar-refractivity contribution in [3.63, 3.8) is 0 Å². The van der Waals surface area contributed by atoms with E-state index in [0.29, 0.717) is 11.1 Å². The van der Waals surface area contributed by atoms with Gasteiger partial charge >= 0.3 is 0 Å². The monoisotopic (exact) mass is 267 g/mol. The van der Waals surface area contributed by atoms with Crippen molar-refractivity contribution in [3.8, 4) is 11.3 Å². The van der Waals surface area contributed by atoms with Crippen LogP contribution in [0.25, 0.3) is 22.2 Å². The summed E-state index contributed by atoms with van der Waals surface area (Å²) in [6.45, 7) is 0. The summed E-state index contributed by atoms with van der Waals surface area (Å²) in [7, 11) is 0. The predicted octanol–water partition coefficient (Wildman–Crippen LogP) is 2.50. The van der Waals surface area contributed by atoms with Crippen LogP contribution < -0.4 is 5.43 Å².